The van der Waals surface area contributed by atoms with Gasteiger partial charge in [0.15, 0.2) is 0 Å². The van der Waals surface area contributed by atoms with Gasteiger partial charge in [0.05, 0.1) is 6.61 Å². The maximum atomic E-state index is 5.90. The summed E-state index contributed by atoms with van der Waals surface area (Å²) in [6.45, 7) is 1.58. The fourth-order valence-electron chi connectivity index (χ4n) is 2.05. The van der Waals surface area contributed by atoms with Gasteiger partial charge in [-0.15, -0.1) is 0 Å². The molecule has 0 bridgehead atoms. The van der Waals surface area contributed by atoms with Crippen molar-refractivity contribution in [2.75, 3.05) is 12.0 Å². The van der Waals surface area contributed by atoms with Gasteiger partial charge in [-0.2, -0.15) is 0 Å². The van der Waals surface area contributed by atoms with Crippen molar-refractivity contribution >= 4 is 5.69 Å². The number of hydrogen-bond donors (Lipinski definition) is 2. The molecule has 2 N–H and O–H groups in total. The van der Waals surface area contributed by atoms with E-state index in [4.69, 9.17) is 4.74 Å². The Kier molecular flexibility index (Phi) is 4.19. The molecule has 0 unspecified atom stereocenters. The Morgan fingerprint density at radius 2 is 1.70 bits per heavy atom. The Balaban J connectivity index is 1.53. The van der Waals surface area contributed by atoms with E-state index in [1.807, 2.05) is 48.5 Å². The van der Waals surface area contributed by atoms with Crippen LogP contribution in [0.15, 0.2) is 54.6 Å². The molecule has 3 rings (SSSR count). The first-order valence-corrected chi connectivity index (χ1v) is 7.16. The molecule has 0 amide bonds. The minimum Gasteiger partial charge on any atom is -0.493 e. The predicted octanol–water partition coefficient (Wildman–Crippen LogP) is 3.59. The predicted molar refractivity (Wildman–Crippen MR) is 81.6 cm³/mol. The van der Waals surface area contributed by atoms with Gasteiger partial charge < -0.3 is 10.2 Å². The molecule has 0 aromatic heterocycles. The third-order valence-corrected chi connectivity index (χ3v) is 3.43. The van der Waals surface area contributed by atoms with E-state index in [2.05, 4.69) is 16.9 Å². The third kappa shape index (κ3) is 3.75. The summed E-state index contributed by atoms with van der Waals surface area (Å²) in [6, 6.07) is 18.3. The van der Waals surface area contributed by atoms with Crippen LogP contribution in [0.2, 0.25) is 0 Å². The zero-order chi connectivity index (χ0) is 13.6. The second-order valence-corrected chi connectivity index (χ2v) is 5.21. The van der Waals surface area contributed by atoms with Crippen LogP contribution in [-0.4, -0.2) is 6.61 Å². The number of benzene rings is 2. The Morgan fingerprint density at radius 3 is 2.50 bits per heavy atom. The first-order valence-electron chi connectivity index (χ1n) is 7.16. The molecular weight excluding hydrogens is 248 g/mol. The average Bonchev–Trinajstić information content (AvgIpc) is 3.32. The highest BCUT2D eigenvalue weighted by Gasteiger charge is 2.22. The van der Waals surface area contributed by atoms with Gasteiger partial charge in [0.1, 0.15) is 5.75 Å². The lowest BCUT2D eigenvalue weighted by Crippen LogP contribution is -2.21. The molecule has 3 nitrogen and oxygen atoms in total. The van der Waals surface area contributed by atoms with E-state index < -0.39 is 0 Å². The topological polar surface area (TPSA) is 33.3 Å². The van der Waals surface area contributed by atoms with E-state index in [-0.39, 0.29) is 0 Å². The zero-order valence-electron chi connectivity index (χ0n) is 11.5. The van der Waals surface area contributed by atoms with E-state index in [0.717, 1.165) is 30.5 Å². The van der Waals surface area contributed by atoms with Gasteiger partial charge in [-0.05, 0) is 37.0 Å². The Morgan fingerprint density at radius 1 is 0.950 bits per heavy atom. The molecule has 2 aromatic carbocycles. The van der Waals surface area contributed by atoms with E-state index in [1.165, 1.54) is 18.4 Å². The van der Waals surface area contributed by atoms with E-state index in [1.54, 1.807) is 0 Å². The van der Waals surface area contributed by atoms with Crippen molar-refractivity contribution in [2.24, 2.45) is 5.92 Å². The minimum absolute atomic E-state index is 0.732. The molecule has 0 aliphatic heterocycles. The lowest BCUT2D eigenvalue weighted by atomic mass is 10.2. The molecule has 1 aliphatic rings. The monoisotopic (exact) mass is 268 g/mol. The van der Waals surface area contributed by atoms with Gasteiger partial charge in [-0.3, -0.25) is 0 Å². The number of hydrogen-bond acceptors (Lipinski definition) is 3. The smallest absolute Gasteiger partial charge is 0.123 e. The lowest BCUT2D eigenvalue weighted by molar-refractivity contribution is 0.296. The van der Waals surface area contributed by atoms with E-state index >= 15 is 0 Å². The van der Waals surface area contributed by atoms with Crippen molar-refractivity contribution in [2.45, 2.75) is 19.4 Å². The normalized spacial score (nSPS) is 14.0. The molecule has 0 radical (unpaired) electrons. The van der Waals surface area contributed by atoms with Crippen molar-refractivity contribution in [3.63, 3.8) is 0 Å². The first kappa shape index (κ1) is 13.0. The molecule has 0 heterocycles. The molecule has 3 heteroatoms. The third-order valence-electron chi connectivity index (χ3n) is 3.43. The highest BCUT2D eigenvalue weighted by Crippen LogP contribution is 2.30. The van der Waals surface area contributed by atoms with Crippen LogP contribution in [0, 0.1) is 5.92 Å². The van der Waals surface area contributed by atoms with Crippen LogP contribution < -0.4 is 15.6 Å². The fraction of sp³-hybridized carbons (Fsp3) is 0.294. The summed E-state index contributed by atoms with van der Waals surface area (Å²) in [6.07, 6.45) is 2.63. The Hall–Kier alpha value is -2.00. The maximum absolute atomic E-state index is 5.90. The Bertz CT molecular complexity index is 538. The van der Waals surface area contributed by atoms with Crippen LogP contribution in [0.4, 0.5) is 5.69 Å². The molecule has 1 saturated carbocycles. The maximum Gasteiger partial charge on any atom is 0.123 e. The van der Waals surface area contributed by atoms with E-state index in [9.17, 15) is 0 Å². The van der Waals surface area contributed by atoms with Crippen LogP contribution in [0.3, 0.4) is 0 Å². The molecule has 0 saturated heterocycles. The molecule has 1 aliphatic carbocycles. The second-order valence-electron chi connectivity index (χ2n) is 5.21. The molecule has 104 valence electrons. The molecule has 20 heavy (non-hydrogen) atoms. The zero-order valence-corrected chi connectivity index (χ0v) is 11.5. The summed E-state index contributed by atoms with van der Waals surface area (Å²) in [5, 5.41) is 0. The van der Waals surface area contributed by atoms with Crippen LogP contribution in [-0.2, 0) is 6.54 Å². The number of rotatable bonds is 7. The average molecular weight is 268 g/mol. The SMILES string of the molecule is c1ccc(NNCc2ccccc2OCC2CC2)cc1. The molecule has 0 atom stereocenters. The molecular formula is C17H20N2O. The van der Waals surface area contributed by atoms with Gasteiger partial charge in [0.25, 0.3) is 0 Å². The second kappa shape index (κ2) is 6.44. The molecule has 2 aromatic rings. The van der Waals surface area contributed by atoms with Crippen LogP contribution in [0.1, 0.15) is 18.4 Å². The molecule has 0 spiro atoms. The van der Waals surface area contributed by atoms with Gasteiger partial charge in [0, 0.05) is 17.8 Å². The van der Waals surface area contributed by atoms with Gasteiger partial charge in [0.2, 0.25) is 0 Å². The van der Waals surface area contributed by atoms with Gasteiger partial charge >= 0.3 is 0 Å². The van der Waals surface area contributed by atoms with Crippen molar-refractivity contribution < 1.29 is 4.74 Å². The van der Waals surface area contributed by atoms with Crippen molar-refractivity contribution in [3.8, 4) is 5.75 Å². The number of anilines is 1. The van der Waals surface area contributed by atoms with Crippen LogP contribution in [0.25, 0.3) is 0 Å². The van der Waals surface area contributed by atoms with Crippen molar-refractivity contribution in [3.05, 3.63) is 60.2 Å². The first-order chi connectivity index (χ1) is 9.92. The summed E-state index contributed by atoms with van der Waals surface area (Å²) >= 11 is 0. The standard InChI is InChI=1S/C17H20N2O/c1-2-7-16(8-3-1)19-18-12-15-6-4-5-9-17(15)20-13-14-10-11-14/h1-9,14,18-19H,10-13H2. The van der Waals surface area contributed by atoms with Crippen LogP contribution in [0.5, 0.6) is 5.75 Å². The summed E-state index contributed by atoms with van der Waals surface area (Å²) < 4.78 is 5.90. The summed E-state index contributed by atoms with van der Waals surface area (Å²) in [7, 11) is 0. The summed E-state index contributed by atoms with van der Waals surface area (Å²) in [5.74, 6) is 1.76. The number of ether oxygens (including phenoxy) is 1. The lowest BCUT2D eigenvalue weighted by Gasteiger charge is -2.13. The highest BCUT2D eigenvalue weighted by molar-refractivity contribution is 5.41. The van der Waals surface area contributed by atoms with Crippen molar-refractivity contribution in [1.29, 1.82) is 0 Å². The fourth-order valence-corrected chi connectivity index (χ4v) is 2.05. The number of para-hydroxylation sites is 2. The van der Waals surface area contributed by atoms with E-state index in [0.29, 0.717) is 0 Å². The number of hydrazine groups is 1. The van der Waals surface area contributed by atoms with Gasteiger partial charge in [-0.1, -0.05) is 36.4 Å². The highest BCUT2D eigenvalue weighted by atomic mass is 16.5. The summed E-state index contributed by atoms with van der Waals surface area (Å²) in [5.41, 5.74) is 8.66. The quantitative estimate of drug-likeness (QED) is 0.753. The van der Waals surface area contributed by atoms with Crippen LogP contribution >= 0.6 is 0 Å². The van der Waals surface area contributed by atoms with Gasteiger partial charge in [-0.25, -0.2) is 5.43 Å². The summed E-state index contributed by atoms with van der Waals surface area (Å²) in [4.78, 5) is 0. The minimum atomic E-state index is 0.732. The molecule has 1 fully saturated rings. The largest absolute Gasteiger partial charge is 0.493 e. The number of nitrogens with one attached hydrogen (secondary N) is 2. The van der Waals surface area contributed by atoms with Crippen molar-refractivity contribution in [1.82, 2.24) is 5.43 Å². The Labute approximate surface area is 119 Å².